The van der Waals surface area contributed by atoms with Crippen LogP contribution in [0.15, 0.2) is 42.7 Å². The molecule has 1 saturated heterocycles. The van der Waals surface area contributed by atoms with Gasteiger partial charge in [-0.2, -0.15) is 5.10 Å². The van der Waals surface area contributed by atoms with Gasteiger partial charge < -0.3 is 10.5 Å². The minimum absolute atomic E-state index is 0.0591. The van der Waals surface area contributed by atoms with E-state index < -0.39 is 0 Å². The number of ether oxygens (including phenoxy) is 1. The van der Waals surface area contributed by atoms with Gasteiger partial charge >= 0.3 is 0 Å². The highest BCUT2D eigenvalue weighted by atomic mass is 16.5. The molecule has 21 heavy (non-hydrogen) atoms. The van der Waals surface area contributed by atoms with Crippen LogP contribution < -0.4 is 5.73 Å². The van der Waals surface area contributed by atoms with Crippen LogP contribution in [0.25, 0.3) is 5.69 Å². The molecule has 0 amide bonds. The molecule has 3 rings (SSSR count). The maximum absolute atomic E-state index is 6.28. The average Bonchev–Trinajstić information content (AvgIpc) is 3.20. The number of hydrogen-bond acceptors (Lipinski definition) is 3. The van der Waals surface area contributed by atoms with E-state index in [1.807, 2.05) is 47.4 Å². The summed E-state index contributed by atoms with van der Waals surface area (Å²) in [6.07, 6.45) is 10.0. The minimum Gasteiger partial charge on any atom is -0.378 e. The fourth-order valence-electron chi connectivity index (χ4n) is 2.85. The van der Waals surface area contributed by atoms with E-state index in [1.54, 1.807) is 0 Å². The van der Waals surface area contributed by atoms with Crippen molar-refractivity contribution in [1.29, 1.82) is 0 Å². The van der Waals surface area contributed by atoms with Crippen LogP contribution in [-0.4, -0.2) is 22.5 Å². The first-order valence-corrected chi connectivity index (χ1v) is 7.80. The lowest BCUT2D eigenvalue weighted by atomic mass is 10.0. The predicted octanol–water partition coefficient (Wildman–Crippen LogP) is 3.22. The van der Waals surface area contributed by atoms with Crippen molar-refractivity contribution in [2.75, 3.05) is 6.61 Å². The molecule has 112 valence electrons. The molecular weight excluding hydrogens is 262 g/mol. The molecule has 4 heteroatoms. The van der Waals surface area contributed by atoms with E-state index in [2.05, 4.69) is 5.10 Å². The van der Waals surface area contributed by atoms with E-state index in [-0.39, 0.29) is 6.04 Å². The summed E-state index contributed by atoms with van der Waals surface area (Å²) < 4.78 is 7.53. The SMILES string of the molecule is NC(CCCC1CCCO1)c1cnn(-c2ccccc2)c1. The van der Waals surface area contributed by atoms with E-state index >= 15 is 0 Å². The fourth-order valence-corrected chi connectivity index (χ4v) is 2.85. The van der Waals surface area contributed by atoms with Crippen LogP contribution in [0.2, 0.25) is 0 Å². The largest absolute Gasteiger partial charge is 0.378 e. The topological polar surface area (TPSA) is 53.1 Å². The summed E-state index contributed by atoms with van der Waals surface area (Å²) in [4.78, 5) is 0. The van der Waals surface area contributed by atoms with Gasteiger partial charge in [0.2, 0.25) is 0 Å². The van der Waals surface area contributed by atoms with Gasteiger partial charge in [-0.1, -0.05) is 18.2 Å². The number of rotatable bonds is 6. The lowest BCUT2D eigenvalue weighted by molar-refractivity contribution is 0.101. The molecule has 1 aromatic carbocycles. The summed E-state index contributed by atoms with van der Waals surface area (Å²) in [7, 11) is 0. The third-order valence-electron chi connectivity index (χ3n) is 4.12. The van der Waals surface area contributed by atoms with Gasteiger partial charge in [-0.3, -0.25) is 0 Å². The number of nitrogens with two attached hydrogens (primary N) is 1. The Morgan fingerprint density at radius 1 is 1.33 bits per heavy atom. The second kappa shape index (κ2) is 6.87. The van der Waals surface area contributed by atoms with Crippen molar-refractivity contribution < 1.29 is 4.74 Å². The van der Waals surface area contributed by atoms with E-state index in [4.69, 9.17) is 10.5 Å². The summed E-state index contributed by atoms with van der Waals surface area (Å²) in [6, 6.07) is 10.2. The molecule has 2 heterocycles. The highest BCUT2D eigenvalue weighted by Gasteiger charge is 2.16. The Morgan fingerprint density at radius 2 is 2.19 bits per heavy atom. The lowest BCUT2D eigenvalue weighted by Gasteiger charge is -2.12. The van der Waals surface area contributed by atoms with Crippen molar-refractivity contribution >= 4 is 0 Å². The molecule has 2 N–H and O–H groups in total. The van der Waals surface area contributed by atoms with Crippen LogP contribution in [0.1, 0.15) is 43.7 Å². The number of hydrogen-bond donors (Lipinski definition) is 1. The first kappa shape index (κ1) is 14.3. The molecule has 0 radical (unpaired) electrons. The molecule has 2 atom stereocenters. The van der Waals surface area contributed by atoms with Crippen molar-refractivity contribution in [2.24, 2.45) is 5.73 Å². The van der Waals surface area contributed by atoms with Gasteiger partial charge in [0, 0.05) is 24.4 Å². The normalized spacial score (nSPS) is 19.8. The molecule has 0 aliphatic carbocycles. The summed E-state index contributed by atoms with van der Waals surface area (Å²) in [5.41, 5.74) is 8.45. The first-order valence-electron chi connectivity index (χ1n) is 7.80. The molecule has 1 aliphatic heterocycles. The summed E-state index contributed by atoms with van der Waals surface area (Å²) in [5, 5.41) is 4.41. The molecule has 1 fully saturated rings. The van der Waals surface area contributed by atoms with Crippen molar-refractivity contribution in [3.63, 3.8) is 0 Å². The molecule has 1 aliphatic rings. The smallest absolute Gasteiger partial charge is 0.0645 e. The molecular formula is C17H23N3O. The quantitative estimate of drug-likeness (QED) is 0.886. The highest BCUT2D eigenvalue weighted by Crippen LogP contribution is 2.22. The molecule has 0 saturated carbocycles. The van der Waals surface area contributed by atoms with Crippen LogP contribution in [0.4, 0.5) is 0 Å². The highest BCUT2D eigenvalue weighted by molar-refractivity contribution is 5.31. The van der Waals surface area contributed by atoms with Crippen molar-refractivity contribution in [3.8, 4) is 5.69 Å². The van der Waals surface area contributed by atoms with Gasteiger partial charge in [-0.05, 0) is 44.2 Å². The summed E-state index contributed by atoms with van der Waals surface area (Å²) in [6.45, 7) is 0.931. The number of aromatic nitrogens is 2. The second-order valence-corrected chi connectivity index (χ2v) is 5.73. The third kappa shape index (κ3) is 3.71. The Kier molecular flexibility index (Phi) is 4.68. The third-order valence-corrected chi connectivity index (χ3v) is 4.12. The molecule has 4 nitrogen and oxygen atoms in total. The fraction of sp³-hybridized carbons (Fsp3) is 0.471. The van der Waals surface area contributed by atoms with Crippen LogP contribution in [-0.2, 0) is 4.74 Å². The van der Waals surface area contributed by atoms with Gasteiger partial charge in [-0.25, -0.2) is 4.68 Å². The zero-order chi connectivity index (χ0) is 14.5. The summed E-state index contributed by atoms with van der Waals surface area (Å²) >= 11 is 0. The van der Waals surface area contributed by atoms with Crippen molar-refractivity contribution in [3.05, 3.63) is 48.3 Å². The zero-order valence-corrected chi connectivity index (χ0v) is 12.3. The van der Waals surface area contributed by atoms with E-state index in [0.717, 1.165) is 37.1 Å². The van der Waals surface area contributed by atoms with Crippen LogP contribution in [0.3, 0.4) is 0 Å². The van der Waals surface area contributed by atoms with E-state index in [0.29, 0.717) is 6.10 Å². The Bertz CT molecular complexity index is 546. The minimum atomic E-state index is 0.0591. The standard InChI is InChI=1S/C17H23N3O/c18-17(10-4-8-16-9-5-11-21-16)14-12-19-20(13-14)15-6-2-1-3-7-15/h1-3,6-7,12-13,16-17H,4-5,8-11,18H2. The maximum atomic E-state index is 6.28. The molecule has 2 unspecified atom stereocenters. The van der Waals surface area contributed by atoms with Crippen molar-refractivity contribution in [2.45, 2.75) is 44.2 Å². The van der Waals surface area contributed by atoms with Gasteiger partial charge in [0.1, 0.15) is 0 Å². The Labute approximate surface area is 125 Å². The first-order chi connectivity index (χ1) is 10.3. The Hall–Kier alpha value is -1.65. The lowest BCUT2D eigenvalue weighted by Crippen LogP contribution is -2.11. The number of para-hydroxylation sites is 1. The van der Waals surface area contributed by atoms with E-state index in [9.17, 15) is 0 Å². The van der Waals surface area contributed by atoms with Crippen LogP contribution >= 0.6 is 0 Å². The monoisotopic (exact) mass is 285 g/mol. The number of benzene rings is 1. The van der Waals surface area contributed by atoms with Crippen LogP contribution in [0, 0.1) is 0 Å². The predicted molar refractivity (Wildman–Crippen MR) is 83.3 cm³/mol. The zero-order valence-electron chi connectivity index (χ0n) is 12.3. The van der Waals surface area contributed by atoms with Crippen molar-refractivity contribution in [1.82, 2.24) is 9.78 Å². The van der Waals surface area contributed by atoms with Gasteiger partial charge in [0.15, 0.2) is 0 Å². The molecule has 1 aromatic heterocycles. The second-order valence-electron chi connectivity index (χ2n) is 5.73. The van der Waals surface area contributed by atoms with Crippen LogP contribution in [0.5, 0.6) is 0 Å². The average molecular weight is 285 g/mol. The van der Waals surface area contributed by atoms with Gasteiger partial charge in [0.05, 0.1) is 18.0 Å². The molecule has 0 spiro atoms. The Morgan fingerprint density at radius 3 is 2.95 bits per heavy atom. The maximum Gasteiger partial charge on any atom is 0.0645 e. The Balaban J connectivity index is 1.53. The van der Waals surface area contributed by atoms with Gasteiger partial charge in [-0.15, -0.1) is 0 Å². The van der Waals surface area contributed by atoms with E-state index in [1.165, 1.54) is 12.8 Å². The molecule has 0 bridgehead atoms. The molecule has 2 aromatic rings. The summed E-state index contributed by atoms with van der Waals surface area (Å²) in [5.74, 6) is 0. The van der Waals surface area contributed by atoms with Gasteiger partial charge in [0.25, 0.3) is 0 Å². The number of nitrogens with zero attached hydrogens (tertiary/aromatic N) is 2.